The summed E-state index contributed by atoms with van der Waals surface area (Å²) in [4.78, 5) is 12.2. The van der Waals surface area contributed by atoms with Gasteiger partial charge in [-0.15, -0.1) is 0 Å². The minimum atomic E-state index is -4.21. The molecule has 1 amide bonds. The second-order valence-electron chi connectivity index (χ2n) is 6.11. The van der Waals surface area contributed by atoms with E-state index in [2.05, 4.69) is 5.32 Å². The molecule has 154 valence electrons. The maximum Gasteiger partial charge on any atom is 0.276 e. The standard InChI is InChI=1S/C17H21F2N3O5S/c1-3-11(23)6-7-27-16-14(28(20,25)26)9-22(2)15(16)17(24)21-10-4-5-12(18)13(19)8-10/h4-5,8-9,11,23H,3,6-7H2,1-2H3,(H,21,24)(H2,20,25,26). The lowest BCUT2D eigenvalue weighted by Crippen LogP contribution is -2.19. The highest BCUT2D eigenvalue weighted by Gasteiger charge is 2.28. The van der Waals surface area contributed by atoms with Crippen LogP contribution in [0.25, 0.3) is 0 Å². The van der Waals surface area contributed by atoms with E-state index in [0.717, 1.165) is 24.4 Å². The number of aryl methyl sites for hydroxylation is 1. The molecule has 8 nitrogen and oxygen atoms in total. The summed E-state index contributed by atoms with van der Waals surface area (Å²) in [6, 6.07) is 2.78. The fourth-order valence-electron chi connectivity index (χ4n) is 2.45. The predicted octanol–water partition coefficient (Wildman–Crippen LogP) is 1.74. The summed E-state index contributed by atoms with van der Waals surface area (Å²) in [5.74, 6) is -3.32. The number of hydrogen-bond donors (Lipinski definition) is 3. The van der Waals surface area contributed by atoms with Crippen LogP contribution in [0.3, 0.4) is 0 Å². The Labute approximate surface area is 161 Å². The molecule has 0 bridgehead atoms. The number of aromatic nitrogens is 1. The Hall–Kier alpha value is -2.50. The number of hydrogen-bond acceptors (Lipinski definition) is 5. The summed E-state index contributed by atoms with van der Waals surface area (Å²) in [6.45, 7) is 1.71. The number of amides is 1. The van der Waals surface area contributed by atoms with Crippen LogP contribution in [-0.4, -0.2) is 36.7 Å². The van der Waals surface area contributed by atoms with Crippen LogP contribution in [0.15, 0.2) is 29.3 Å². The average Bonchev–Trinajstić information content (AvgIpc) is 2.94. The van der Waals surface area contributed by atoms with Crippen LogP contribution in [0, 0.1) is 11.6 Å². The van der Waals surface area contributed by atoms with Gasteiger partial charge in [-0.2, -0.15) is 0 Å². The molecule has 0 radical (unpaired) electrons. The first-order chi connectivity index (χ1) is 13.0. The summed E-state index contributed by atoms with van der Waals surface area (Å²) >= 11 is 0. The molecule has 0 saturated heterocycles. The van der Waals surface area contributed by atoms with E-state index in [1.165, 1.54) is 11.6 Å². The molecule has 0 saturated carbocycles. The third-order valence-corrected chi connectivity index (χ3v) is 4.87. The van der Waals surface area contributed by atoms with Gasteiger partial charge >= 0.3 is 0 Å². The molecular formula is C17H21F2N3O5S. The Balaban J connectivity index is 2.36. The third kappa shape index (κ3) is 5.06. The number of nitrogens with two attached hydrogens (primary N) is 1. The van der Waals surface area contributed by atoms with Crippen LogP contribution in [0.5, 0.6) is 5.75 Å². The maximum absolute atomic E-state index is 13.4. The second-order valence-corrected chi connectivity index (χ2v) is 7.64. The Kier molecular flexibility index (Phi) is 6.75. The van der Waals surface area contributed by atoms with Crippen LogP contribution < -0.4 is 15.2 Å². The second kappa shape index (κ2) is 8.67. The van der Waals surface area contributed by atoms with Crippen molar-refractivity contribution in [1.82, 2.24) is 4.57 Å². The van der Waals surface area contributed by atoms with Crippen molar-refractivity contribution in [2.75, 3.05) is 11.9 Å². The first-order valence-electron chi connectivity index (χ1n) is 8.34. The molecule has 1 unspecified atom stereocenters. The number of halogens is 2. The Morgan fingerprint density at radius 2 is 2.04 bits per heavy atom. The van der Waals surface area contributed by atoms with Crippen molar-refractivity contribution in [3.05, 3.63) is 41.7 Å². The van der Waals surface area contributed by atoms with Gasteiger partial charge in [-0.25, -0.2) is 22.3 Å². The summed E-state index contributed by atoms with van der Waals surface area (Å²) in [5, 5.41) is 17.2. The number of benzene rings is 1. The molecule has 1 aromatic heterocycles. The maximum atomic E-state index is 13.4. The number of aliphatic hydroxyl groups excluding tert-OH is 1. The number of rotatable bonds is 8. The first kappa shape index (κ1) is 21.8. The number of anilines is 1. The van der Waals surface area contributed by atoms with Crippen LogP contribution >= 0.6 is 0 Å². The minimum absolute atomic E-state index is 0.0328. The van der Waals surface area contributed by atoms with Gasteiger partial charge in [-0.3, -0.25) is 4.79 Å². The number of carbonyl (C=O) groups excluding carboxylic acids is 1. The minimum Gasteiger partial charge on any atom is -0.490 e. The van der Waals surface area contributed by atoms with Gasteiger partial charge in [0.2, 0.25) is 10.0 Å². The Morgan fingerprint density at radius 3 is 2.61 bits per heavy atom. The number of sulfonamides is 1. The van der Waals surface area contributed by atoms with Gasteiger partial charge in [0.1, 0.15) is 4.90 Å². The van der Waals surface area contributed by atoms with Crippen molar-refractivity contribution in [3.63, 3.8) is 0 Å². The van der Waals surface area contributed by atoms with Crippen molar-refractivity contribution in [2.45, 2.75) is 30.8 Å². The number of ether oxygens (including phenoxy) is 1. The zero-order valence-electron chi connectivity index (χ0n) is 15.3. The van der Waals surface area contributed by atoms with Crippen LogP contribution in [0.4, 0.5) is 14.5 Å². The van der Waals surface area contributed by atoms with Crippen molar-refractivity contribution in [3.8, 4) is 5.75 Å². The van der Waals surface area contributed by atoms with Crippen molar-refractivity contribution < 1.29 is 31.8 Å². The van der Waals surface area contributed by atoms with Gasteiger partial charge in [-0.1, -0.05) is 6.92 Å². The molecule has 2 aromatic rings. The molecule has 1 heterocycles. The van der Waals surface area contributed by atoms with Gasteiger partial charge in [0.25, 0.3) is 5.91 Å². The predicted molar refractivity (Wildman–Crippen MR) is 97.5 cm³/mol. The highest BCUT2D eigenvalue weighted by molar-refractivity contribution is 7.89. The summed E-state index contributed by atoms with van der Waals surface area (Å²) in [6.07, 6.45) is 1.14. The summed E-state index contributed by atoms with van der Waals surface area (Å²) in [5.41, 5.74) is -0.214. The molecule has 0 fully saturated rings. The van der Waals surface area contributed by atoms with E-state index in [1.807, 2.05) is 0 Å². The van der Waals surface area contributed by atoms with Crippen LogP contribution in [0.1, 0.15) is 30.3 Å². The van der Waals surface area contributed by atoms with Crippen molar-refractivity contribution in [2.24, 2.45) is 12.2 Å². The normalized spacial score (nSPS) is 12.6. The fourth-order valence-corrected chi connectivity index (χ4v) is 3.17. The van der Waals surface area contributed by atoms with E-state index < -0.39 is 38.6 Å². The van der Waals surface area contributed by atoms with E-state index in [9.17, 15) is 27.1 Å². The summed E-state index contributed by atoms with van der Waals surface area (Å²) in [7, 11) is -2.80. The number of nitrogens with zero attached hydrogens (tertiary/aromatic N) is 1. The zero-order chi connectivity index (χ0) is 21.1. The van der Waals surface area contributed by atoms with Gasteiger partial charge in [0.15, 0.2) is 23.1 Å². The average molecular weight is 417 g/mol. The molecule has 28 heavy (non-hydrogen) atoms. The smallest absolute Gasteiger partial charge is 0.276 e. The van der Waals surface area contributed by atoms with E-state index in [-0.39, 0.29) is 30.2 Å². The van der Waals surface area contributed by atoms with E-state index in [4.69, 9.17) is 9.88 Å². The molecule has 11 heteroatoms. The molecular weight excluding hydrogens is 396 g/mol. The van der Waals surface area contributed by atoms with E-state index >= 15 is 0 Å². The number of nitrogens with one attached hydrogen (secondary N) is 1. The van der Waals surface area contributed by atoms with Crippen molar-refractivity contribution >= 4 is 21.6 Å². The Bertz CT molecular complexity index is 975. The SMILES string of the molecule is CCC(O)CCOc1c(S(N)(=O)=O)cn(C)c1C(=O)Nc1ccc(F)c(F)c1. The van der Waals surface area contributed by atoms with Crippen LogP contribution in [0.2, 0.25) is 0 Å². The number of carbonyl (C=O) groups is 1. The van der Waals surface area contributed by atoms with Crippen LogP contribution in [-0.2, 0) is 17.1 Å². The van der Waals surface area contributed by atoms with Gasteiger partial charge in [0.05, 0.1) is 12.7 Å². The highest BCUT2D eigenvalue weighted by atomic mass is 32.2. The highest BCUT2D eigenvalue weighted by Crippen LogP contribution is 2.30. The van der Waals surface area contributed by atoms with Gasteiger partial charge in [-0.05, 0) is 18.6 Å². The fraction of sp³-hybridized carbons (Fsp3) is 0.353. The molecule has 1 atom stereocenters. The Morgan fingerprint density at radius 1 is 1.36 bits per heavy atom. The monoisotopic (exact) mass is 417 g/mol. The lowest BCUT2D eigenvalue weighted by molar-refractivity contribution is 0.101. The lowest BCUT2D eigenvalue weighted by atomic mass is 10.2. The molecule has 0 aliphatic rings. The largest absolute Gasteiger partial charge is 0.490 e. The number of primary sulfonamides is 1. The molecule has 0 spiro atoms. The van der Waals surface area contributed by atoms with E-state index in [1.54, 1.807) is 6.92 Å². The lowest BCUT2D eigenvalue weighted by Gasteiger charge is -2.13. The zero-order valence-corrected chi connectivity index (χ0v) is 16.1. The third-order valence-electron chi connectivity index (χ3n) is 3.97. The molecule has 4 N–H and O–H groups in total. The van der Waals surface area contributed by atoms with E-state index in [0.29, 0.717) is 6.42 Å². The number of aliphatic hydroxyl groups is 1. The molecule has 0 aliphatic heterocycles. The molecule has 2 rings (SSSR count). The first-order valence-corrected chi connectivity index (χ1v) is 9.88. The topological polar surface area (TPSA) is 124 Å². The quantitative estimate of drug-likeness (QED) is 0.604. The summed E-state index contributed by atoms with van der Waals surface area (Å²) < 4.78 is 56.7. The molecule has 1 aromatic carbocycles. The van der Waals surface area contributed by atoms with Gasteiger partial charge in [0, 0.05) is 31.4 Å². The molecule has 0 aliphatic carbocycles. The van der Waals surface area contributed by atoms with Gasteiger partial charge < -0.3 is 19.7 Å². The van der Waals surface area contributed by atoms with Crippen molar-refractivity contribution in [1.29, 1.82) is 0 Å².